The van der Waals surface area contributed by atoms with Crippen molar-refractivity contribution in [2.24, 2.45) is 0 Å². The molecule has 1 aromatic carbocycles. The number of thioether (sulfide) groups is 1. The van der Waals surface area contributed by atoms with Crippen LogP contribution in [-0.2, 0) is 10.5 Å². The van der Waals surface area contributed by atoms with Crippen LogP contribution < -0.4 is 4.90 Å². The Hall–Kier alpha value is -3.24. The lowest BCUT2D eigenvalue weighted by Gasteiger charge is -2.18. The molecule has 0 atom stereocenters. The molecule has 0 unspecified atom stereocenters. The first-order valence-electron chi connectivity index (χ1n) is 9.29. The number of nitrogens with zero attached hydrogens (tertiary/aromatic N) is 4. The highest BCUT2D eigenvalue weighted by atomic mass is 32.2. The highest BCUT2D eigenvalue weighted by Gasteiger charge is 2.21. The van der Waals surface area contributed by atoms with Gasteiger partial charge in [0.15, 0.2) is 5.13 Å². The van der Waals surface area contributed by atoms with Crippen molar-refractivity contribution in [1.82, 2.24) is 20.2 Å². The molecule has 7 nitrogen and oxygen atoms in total. The normalized spacial score (nSPS) is 11.3. The number of rotatable bonds is 7. The minimum Gasteiger partial charge on any atom is -0.462 e. The highest BCUT2D eigenvalue weighted by Crippen LogP contribution is 2.32. The van der Waals surface area contributed by atoms with Crippen LogP contribution in [0.1, 0.15) is 30.0 Å². The van der Waals surface area contributed by atoms with E-state index in [2.05, 4.69) is 20.2 Å². The van der Waals surface area contributed by atoms with Crippen molar-refractivity contribution >= 4 is 52.0 Å². The van der Waals surface area contributed by atoms with Crippen LogP contribution in [0.2, 0.25) is 0 Å². The van der Waals surface area contributed by atoms with Gasteiger partial charge < -0.3 is 4.42 Å². The van der Waals surface area contributed by atoms with Gasteiger partial charge in [-0.05, 0) is 43.3 Å². The minimum absolute atomic E-state index is 0.181. The summed E-state index contributed by atoms with van der Waals surface area (Å²) in [6, 6.07) is 9.90. The van der Waals surface area contributed by atoms with E-state index in [4.69, 9.17) is 4.42 Å². The highest BCUT2D eigenvalue weighted by molar-refractivity contribution is 7.98. The first-order chi connectivity index (χ1) is 15.0. The number of aromatic nitrogens is 4. The van der Waals surface area contributed by atoms with Gasteiger partial charge in [-0.1, -0.05) is 23.9 Å². The number of hydrogen-bond donors (Lipinski definition) is 1. The van der Waals surface area contributed by atoms with Crippen molar-refractivity contribution in [3.05, 3.63) is 70.6 Å². The number of para-hydroxylation sites is 1. The van der Waals surface area contributed by atoms with Crippen LogP contribution in [0, 0.1) is 12.7 Å². The molecule has 0 saturated heterocycles. The van der Waals surface area contributed by atoms with Gasteiger partial charge in [-0.3, -0.25) is 14.8 Å². The summed E-state index contributed by atoms with van der Waals surface area (Å²) >= 11 is 2.69. The Bertz CT molecular complexity index is 1230. The summed E-state index contributed by atoms with van der Waals surface area (Å²) in [5, 5.41) is 9.87. The zero-order valence-corrected chi connectivity index (χ0v) is 18.3. The van der Waals surface area contributed by atoms with Gasteiger partial charge in [0, 0.05) is 18.1 Å². The van der Waals surface area contributed by atoms with Gasteiger partial charge in [-0.25, -0.2) is 14.4 Å². The molecule has 4 aromatic rings. The van der Waals surface area contributed by atoms with E-state index in [-0.39, 0.29) is 11.6 Å². The molecule has 0 fully saturated rings. The molecule has 0 aliphatic heterocycles. The number of aromatic amines is 1. The Kier molecular flexibility index (Phi) is 6.28. The Morgan fingerprint density at radius 1 is 1.26 bits per heavy atom. The van der Waals surface area contributed by atoms with Crippen molar-refractivity contribution < 1.29 is 13.6 Å². The average molecular weight is 456 g/mol. The number of amides is 1. The lowest BCUT2D eigenvalue weighted by atomic mass is 10.3. The fourth-order valence-corrected chi connectivity index (χ4v) is 4.43. The van der Waals surface area contributed by atoms with E-state index in [1.807, 2.05) is 30.5 Å². The predicted octanol–water partition coefficient (Wildman–Crippen LogP) is 5.45. The number of halogens is 1. The second-order valence-electron chi connectivity index (χ2n) is 6.50. The maximum Gasteiger partial charge on any atom is 0.230 e. The molecule has 10 heteroatoms. The number of nitrogens with one attached hydrogen (secondary N) is 1. The smallest absolute Gasteiger partial charge is 0.230 e. The molecular weight excluding hydrogens is 437 g/mol. The predicted molar refractivity (Wildman–Crippen MR) is 120 cm³/mol. The van der Waals surface area contributed by atoms with E-state index in [9.17, 15) is 9.18 Å². The maximum absolute atomic E-state index is 14.2. The van der Waals surface area contributed by atoms with E-state index in [0.29, 0.717) is 21.9 Å². The Morgan fingerprint density at radius 2 is 2.10 bits per heavy atom. The van der Waals surface area contributed by atoms with Crippen LogP contribution in [0.3, 0.4) is 0 Å². The SMILES string of the molecule is CC(=O)N(c1nc(CSc2n[nH]c(/C=C/c3ccc(C)o3)n2)cs1)c1ccccc1F. The number of benzene rings is 1. The lowest BCUT2D eigenvalue weighted by Crippen LogP contribution is -2.23. The van der Waals surface area contributed by atoms with E-state index in [0.717, 1.165) is 17.2 Å². The van der Waals surface area contributed by atoms with Gasteiger partial charge in [0.05, 0.1) is 11.4 Å². The van der Waals surface area contributed by atoms with Gasteiger partial charge in [0.1, 0.15) is 23.2 Å². The van der Waals surface area contributed by atoms with Crippen molar-refractivity contribution in [1.29, 1.82) is 0 Å². The molecular formula is C21H18FN5O2S2. The molecule has 158 valence electrons. The van der Waals surface area contributed by atoms with E-state index < -0.39 is 5.82 Å². The number of anilines is 2. The van der Waals surface area contributed by atoms with Crippen molar-refractivity contribution in [2.75, 3.05) is 4.90 Å². The molecule has 0 saturated carbocycles. The van der Waals surface area contributed by atoms with Gasteiger partial charge in [0.25, 0.3) is 0 Å². The third-order valence-electron chi connectivity index (χ3n) is 4.14. The molecule has 31 heavy (non-hydrogen) atoms. The number of aryl methyl sites for hydroxylation is 1. The van der Waals surface area contributed by atoms with Gasteiger partial charge in [-0.15, -0.1) is 16.4 Å². The molecule has 0 radical (unpaired) electrons. The Morgan fingerprint density at radius 3 is 2.84 bits per heavy atom. The molecule has 1 amide bonds. The van der Waals surface area contributed by atoms with Crippen LogP contribution >= 0.6 is 23.1 Å². The topological polar surface area (TPSA) is 87.9 Å². The van der Waals surface area contributed by atoms with Crippen LogP contribution in [0.4, 0.5) is 15.2 Å². The van der Waals surface area contributed by atoms with Crippen molar-refractivity contribution in [2.45, 2.75) is 24.8 Å². The van der Waals surface area contributed by atoms with Crippen molar-refractivity contribution in [3.63, 3.8) is 0 Å². The molecule has 1 N–H and O–H groups in total. The van der Waals surface area contributed by atoms with Gasteiger partial charge >= 0.3 is 0 Å². The largest absolute Gasteiger partial charge is 0.462 e. The first-order valence-corrected chi connectivity index (χ1v) is 11.2. The third-order valence-corrected chi connectivity index (χ3v) is 5.89. The lowest BCUT2D eigenvalue weighted by molar-refractivity contribution is -0.115. The fourth-order valence-electron chi connectivity index (χ4n) is 2.75. The number of thiazole rings is 1. The summed E-state index contributed by atoms with van der Waals surface area (Å²) in [6.07, 6.45) is 3.60. The number of carbonyl (C=O) groups excluding carboxylic acids is 1. The number of carbonyl (C=O) groups is 1. The summed E-state index contributed by atoms with van der Waals surface area (Å²) in [6.45, 7) is 3.27. The van der Waals surface area contributed by atoms with Crippen LogP contribution in [0.15, 0.2) is 51.4 Å². The molecule has 0 aliphatic carbocycles. The third kappa shape index (κ3) is 5.09. The van der Waals surface area contributed by atoms with Gasteiger partial charge in [-0.2, -0.15) is 0 Å². The molecule has 0 bridgehead atoms. The van der Waals surface area contributed by atoms with E-state index >= 15 is 0 Å². The van der Waals surface area contributed by atoms with Crippen LogP contribution in [0.5, 0.6) is 0 Å². The zero-order valence-electron chi connectivity index (χ0n) is 16.7. The molecule has 0 spiro atoms. The molecule has 4 rings (SSSR count). The molecule has 0 aliphatic rings. The summed E-state index contributed by atoms with van der Waals surface area (Å²) in [7, 11) is 0. The monoisotopic (exact) mass is 455 g/mol. The van der Waals surface area contributed by atoms with Crippen molar-refractivity contribution in [3.8, 4) is 0 Å². The Labute approximate surface area is 186 Å². The fraction of sp³-hybridized carbons (Fsp3) is 0.143. The number of hydrogen-bond acceptors (Lipinski definition) is 7. The van der Waals surface area contributed by atoms with Crippen LogP contribution in [-0.4, -0.2) is 26.1 Å². The minimum atomic E-state index is -0.477. The standard InChI is InChI=1S/C21H18FN5O2S2/c1-13-7-8-16(29-13)9-10-19-24-20(26-25-19)30-11-15-12-31-21(23-15)27(14(2)28)18-6-4-3-5-17(18)22/h3-10,12H,11H2,1-2H3,(H,24,25,26)/b10-9+. The van der Waals surface area contributed by atoms with Gasteiger partial charge in [0.2, 0.25) is 11.1 Å². The maximum atomic E-state index is 14.2. The van der Waals surface area contributed by atoms with E-state index in [1.54, 1.807) is 24.3 Å². The van der Waals surface area contributed by atoms with E-state index in [1.165, 1.54) is 41.0 Å². The summed E-state index contributed by atoms with van der Waals surface area (Å²) < 4.78 is 19.7. The second kappa shape index (κ2) is 9.27. The molecule has 3 heterocycles. The summed E-state index contributed by atoms with van der Waals surface area (Å²) in [5.74, 6) is 1.92. The quantitative estimate of drug-likeness (QED) is 0.373. The average Bonchev–Trinajstić information content (AvgIpc) is 3.48. The Balaban J connectivity index is 1.41. The zero-order chi connectivity index (χ0) is 21.8. The number of H-pyrrole nitrogens is 1. The number of furan rings is 1. The second-order valence-corrected chi connectivity index (χ2v) is 8.28. The summed E-state index contributed by atoms with van der Waals surface area (Å²) in [5.41, 5.74) is 0.932. The summed E-state index contributed by atoms with van der Waals surface area (Å²) in [4.78, 5) is 22.3. The van der Waals surface area contributed by atoms with Crippen LogP contribution in [0.25, 0.3) is 12.2 Å². The first kappa shape index (κ1) is 21.0. The molecule has 3 aromatic heterocycles.